The monoisotopic (exact) mass is 278 g/mol. The molecule has 0 radical (unpaired) electrons. The molecule has 0 unspecified atom stereocenters. The molecule has 0 fully saturated rings. The summed E-state index contributed by atoms with van der Waals surface area (Å²) >= 11 is 0.0567. The Labute approximate surface area is 101 Å². The van der Waals surface area contributed by atoms with Crippen molar-refractivity contribution in [2.75, 3.05) is 0 Å². The number of hydrogen-bond acceptors (Lipinski definition) is 0. The molecule has 0 heterocycles. The zero-order valence-electron chi connectivity index (χ0n) is 8.64. The average Bonchev–Trinajstić information content (AvgIpc) is 2.38. The molecule has 2 aromatic carbocycles. The fraction of sp³-hybridized carbons (Fsp3) is 0. The van der Waals surface area contributed by atoms with Crippen LogP contribution < -0.4 is 4.46 Å². The van der Waals surface area contributed by atoms with E-state index in [2.05, 4.69) is 0 Å². The molecule has 0 bridgehead atoms. The topological polar surface area (TPSA) is 0 Å². The van der Waals surface area contributed by atoms with E-state index in [1.165, 1.54) is 4.46 Å². The molecular weight excluding hydrogens is 266 g/mol. The molecule has 2 aromatic rings. The number of benzene rings is 2. The van der Waals surface area contributed by atoms with Gasteiger partial charge in [-0.3, -0.25) is 0 Å². The van der Waals surface area contributed by atoms with E-state index in [0.717, 1.165) is 0 Å². The summed E-state index contributed by atoms with van der Waals surface area (Å²) < 4.78 is 14.9. The van der Waals surface area contributed by atoms with Gasteiger partial charge in [0.2, 0.25) is 0 Å². The normalized spacial score (nSPS) is 11.4. The van der Waals surface area contributed by atoms with Crippen molar-refractivity contribution in [1.82, 2.24) is 0 Å². The molecule has 0 nitrogen and oxygen atoms in total. The van der Waals surface area contributed by atoms with E-state index >= 15 is 0 Å². The van der Waals surface area contributed by atoms with Crippen LogP contribution >= 0.6 is 0 Å². The molecule has 0 saturated carbocycles. The standard InChI is InChI=1S/C14H11FSe/c15-14(12-7-3-1-4-8-12)11-16-13-9-5-2-6-10-13/h1-11H/b14-11+. The van der Waals surface area contributed by atoms with Crippen molar-refractivity contribution in [3.8, 4) is 0 Å². The van der Waals surface area contributed by atoms with Crippen LogP contribution in [0.1, 0.15) is 5.56 Å². The Balaban J connectivity index is 2.09. The molecule has 2 rings (SSSR count). The predicted molar refractivity (Wildman–Crippen MR) is 67.4 cm³/mol. The van der Waals surface area contributed by atoms with Crippen LogP contribution in [0.5, 0.6) is 0 Å². The van der Waals surface area contributed by atoms with E-state index in [-0.39, 0.29) is 20.8 Å². The van der Waals surface area contributed by atoms with Crippen LogP contribution in [-0.4, -0.2) is 15.0 Å². The van der Waals surface area contributed by atoms with Gasteiger partial charge in [0.1, 0.15) is 0 Å². The van der Waals surface area contributed by atoms with Crippen LogP contribution in [-0.2, 0) is 0 Å². The molecule has 2 heteroatoms. The van der Waals surface area contributed by atoms with Crippen molar-refractivity contribution < 1.29 is 4.39 Å². The minimum absolute atomic E-state index is 0.0567. The molecule has 0 atom stereocenters. The van der Waals surface area contributed by atoms with Gasteiger partial charge in [-0.2, -0.15) is 0 Å². The molecule has 0 saturated heterocycles. The first-order valence-electron chi connectivity index (χ1n) is 4.99. The Hall–Kier alpha value is -1.37. The molecule has 0 aliphatic carbocycles. The summed E-state index contributed by atoms with van der Waals surface area (Å²) in [6.45, 7) is 0. The first kappa shape index (κ1) is 11.1. The fourth-order valence-electron chi connectivity index (χ4n) is 1.28. The van der Waals surface area contributed by atoms with Gasteiger partial charge >= 0.3 is 101 Å². The molecule has 80 valence electrons. The van der Waals surface area contributed by atoms with Crippen molar-refractivity contribution in [3.63, 3.8) is 0 Å². The summed E-state index contributed by atoms with van der Waals surface area (Å²) in [6, 6.07) is 19.1. The van der Waals surface area contributed by atoms with E-state index in [9.17, 15) is 4.39 Å². The maximum absolute atomic E-state index is 13.7. The van der Waals surface area contributed by atoms with Gasteiger partial charge in [-0.1, -0.05) is 0 Å². The minimum atomic E-state index is -0.135. The van der Waals surface area contributed by atoms with Crippen LogP contribution in [0, 0.1) is 0 Å². The Morgan fingerprint density at radius 2 is 1.44 bits per heavy atom. The second-order valence-electron chi connectivity index (χ2n) is 3.26. The third-order valence-corrected chi connectivity index (χ3v) is 3.91. The second kappa shape index (κ2) is 5.64. The number of rotatable bonds is 3. The molecule has 0 N–H and O–H groups in total. The maximum atomic E-state index is 13.7. The Bertz CT molecular complexity index is 463. The van der Waals surface area contributed by atoms with Gasteiger partial charge in [-0.25, -0.2) is 0 Å². The van der Waals surface area contributed by atoms with E-state index in [1.54, 1.807) is 17.1 Å². The molecule has 16 heavy (non-hydrogen) atoms. The van der Waals surface area contributed by atoms with Crippen molar-refractivity contribution in [3.05, 3.63) is 71.2 Å². The van der Waals surface area contributed by atoms with Gasteiger partial charge in [0, 0.05) is 0 Å². The number of halogens is 1. The average molecular weight is 277 g/mol. The Morgan fingerprint density at radius 1 is 0.875 bits per heavy atom. The Morgan fingerprint density at radius 3 is 2.06 bits per heavy atom. The summed E-state index contributed by atoms with van der Waals surface area (Å²) in [5.41, 5.74) is 0.653. The van der Waals surface area contributed by atoms with Gasteiger partial charge in [-0.05, 0) is 0 Å². The van der Waals surface area contributed by atoms with Crippen LogP contribution in [0.15, 0.2) is 65.6 Å². The number of hydrogen-bond donors (Lipinski definition) is 0. The van der Waals surface area contributed by atoms with Crippen molar-refractivity contribution in [1.29, 1.82) is 0 Å². The summed E-state index contributed by atoms with van der Waals surface area (Å²) in [4.78, 5) is 1.68. The molecular formula is C14H11FSe. The SMILES string of the molecule is F/C(=C/[Se]c1ccccc1)c1ccccc1. The third kappa shape index (κ3) is 3.06. The van der Waals surface area contributed by atoms with Crippen molar-refractivity contribution in [2.45, 2.75) is 0 Å². The van der Waals surface area contributed by atoms with Crippen LogP contribution in [0.2, 0.25) is 0 Å². The van der Waals surface area contributed by atoms with Crippen molar-refractivity contribution in [2.24, 2.45) is 0 Å². The molecule has 0 amide bonds. The van der Waals surface area contributed by atoms with Crippen molar-refractivity contribution >= 4 is 25.2 Å². The first-order chi connectivity index (χ1) is 7.86. The summed E-state index contributed by atoms with van der Waals surface area (Å²) in [7, 11) is 0. The predicted octanol–water partition coefficient (Wildman–Crippen LogP) is 2.98. The van der Waals surface area contributed by atoms with Crippen LogP contribution in [0.4, 0.5) is 4.39 Å². The van der Waals surface area contributed by atoms with Gasteiger partial charge in [0.25, 0.3) is 0 Å². The van der Waals surface area contributed by atoms with Crippen LogP contribution in [0.3, 0.4) is 0 Å². The Kier molecular flexibility index (Phi) is 3.92. The third-order valence-electron chi connectivity index (χ3n) is 2.09. The summed E-state index contributed by atoms with van der Waals surface area (Å²) in [5, 5.41) is 0. The van der Waals surface area contributed by atoms with E-state index in [0.29, 0.717) is 5.56 Å². The van der Waals surface area contributed by atoms with E-state index in [4.69, 9.17) is 0 Å². The zero-order chi connectivity index (χ0) is 11.2. The molecule has 0 aliphatic heterocycles. The summed E-state index contributed by atoms with van der Waals surface area (Å²) in [6.07, 6.45) is 0. The van der Waals surface area contributed by atoms with Gasteiger partial charge in [0.15, 0.2) is 0 Å². The zero-order valence-corrected chi connectivity index (χ0v) is 10.4. The first-order valence-corrected chi connectivity index (χ1v) is 6.83. The van der Waals surface area contributed by atoms with Gasteiger partial charge in [-0.15, -0.1) is 0 Å². The quantitative estimate of drug-likeness (QED) is 0.757. The molecule has 0 aromatic heterocycles. The van der Waals surface area contributed by atoms with E-state index in [1.807, 2.05) is 48.5 Å². The van der Waals surface area contributed by atoms with Gasteiger partial charge in [0.05, 0.1) is 0 Å². The van der Waals surface area contributed by atoms with Crippen LogP contribution in [0.25, 0.3) is 5.83 Å². The second-order valence-corrected chi connectivity index (χ2v) is 5.24. The van der Waals surface area contributed by atoms with Gasteiger partial charge < -0.3 is 0 Å². The molecule has 0 spiro atoms. The summed E-state index contributed by atoms with van der Waals surface area (Å²) in [5.74, 6) is -0.135. The fourth-order valence-corrected chi connectivity index (χ4v) is 2.73. The van der Waals surface area contributed by atoms with E-state index < -0.39 is 0 Å². The molecule has 0 aliphatic rings.